The fraction of sp³-hybridized carbons (Fsp3) is 1.00. The summed E-state index contributed by atoms with van der Waals surface area (Å²) in [6.07, 6.45) is 17.3. The molecule has 0 saturated carbocycles. The van der Waals surface area contributed by atoms with Gasteiger partial charge in [0.05, 0.1) is 18.9 Å². The molecule has 2 atom stereocenters. The summed E-state index contributed by atoms with van der Waals surface area (Å²) < 4.78 is 33.8. The molecule has 0 spiro atoms. The van der Waals surface area contributed by atoms with Crippen molar-refractivity contribution < 1.29 is 23.1 Å². The Morgan fingerprint density at radius 2 is 1.27 bits per heavy atom. The van der Waals surface area contributed by atoms with E-state index in [1.165, 1.54) is 84.2 Å². The van der Waals surface area contributed by atoms with Crippen LogP contribution in [-0.4, -0.2) is 37.5 Å². The zero-order valence-corrected chi connectivity index (χ0v) is 18.0. The predicted molar refractivity (Wildman–Crippen MR) is 108 cm³/mol. The lowest BCUT2D eigenvalue weighted by Gasteiger charge is -2.15. The molecule has 26 heavy (non-hydrogen) atoms. The largest absolute Gasteiger partial charge is 0.379 e. The van der Waals surface area contributed by atoms with Crippen LogP contribution in [-0.2, 0) is 14.0 Å². The first-order valence-electron chi connectivity index (χ1n) is 10.6. The summed E-state index contributed by atoms with van der Waals surface area (Å²) in [7, 11) is -3.14. The van der Waals surface area contributed by atoms with Crippen LogP contribution in [0.5, 0.6) is 0 Å². The molecule has 2 unspecified atom stereocenters. The van der Waals surface area contributed by atoms with Crippen LogP contribution in [0.15, 0.2) is 0 Å². The van der Waals surface area contributed by atoms with Crippen molar-refractivity contribution in [1.82, 2.24) is 0 Å². The first kappa shape index (κ1) is 26.0. The highest BCUT2D eigenvalue weighted by atomic mass is 31.2. The molecule has 0 aromatic carbocycles. The van der Waals surface area contributed by atoms with E-state index in [9.17, 15) is 8.76 Å². The fourth-order valence-corrected chi connectivity index (χ4v) is 3.82. The first-order valence-corrected chi connectivity index (χ1v) is 12.3. The summed E-state index contributed by atoms with van der Waals surface area (Å²) in [4.78, 5) is 8.71. The highest BCUT2D eigenvalue weighted by molar-refractivity contribution is 7.52. The quantitative estimate of drug-likeness (QED) is 0.185. The molecule has 0 aliphatic rings. The van der Waals surface area contributed by atoms with E-state index in [0.717, 1.165) is 12.8 Å². The molecule has 0 fully saturated rings. The van der Waals surface area contributed by atoms with Gasteiger partial charge in [0, 0.05) is 13.7 Å². The van der Waals surface area contributed by atoms with Gasteiger partial charge in [0.15, 0.2) is 0 Å². The van der Waals surface area contributed by atoms with Crippen molar-refractivity contribution in [3.05, 3.63) is 0 Å². The molecule has 0 rings (SSSR count). The Bertz CT molecular complexity index is 336. The molecule has 0 aliphatic carbocycles. The van der Waals surface area contributed by atoms with E-state index in [4.69, 9.17) is 14.4 Å². The third-order valence-corrected chi connectivity index (χ3v) is 5.57. The summed E-state index contributed by atoms with van der Waals surface area (Å²) in [5, 5.41) is 0. The summed E-state index contributed by atoms with van der Waals surface area (Å²) in [6.45, 7) is 3.03. The van der Waals surface area contributed by atoms with Crippen molar-refractivity contribution in [3.8, 4) is 0 Å². The van der Waals surface area contributed by atoms with Gasteiger partial charge in [-0.3, -0.25) is 4.57 Å². The minimum Gasteiger partial charge on any atom is -0.379 e. The van der Waals surface area contributed by atoms with E-state index in [0.29, 0.717) is 6.61 Å². The number of unbranched alkanes of at least 4 members (excludes halogenated alkanes) is 13. The molecule has 0 bridgehead atoms. The number of halogens is 1. The van der Waals surface area contributed by atoms with E-state index in [1.807, 2.05) is 0 Å². The maximum Gasteiger partial charge on any atom is 0.367 e. The molecule has 0 radical (unpaired) electrons. The van der Waals surface area contributed by atoms with E-state index in [1.54, 1.807) is 0 Å². The summed E-state index contributed by atoms with van der Waals surface area (Å²) in [5.41, 5.74) is 0. The molecule has 0 heterocycles. The van der Waals surface area contributed by atoms with E-state index in [2.05, 4.69) is 6.92 Å². The van der Waals surface area contributed by atoms with Crippen molar-refractivity contribution in [3.63, 3.8) is 0 Å². The molecule has 158 valence electrons. The lowest BCUT2D eigenvalue weighted by atomic mass is 10.0. The Morgan fingerprint density at radius 3 is 1.65 bits per heavy atom. The summed E-state index contributed by atoms with van der Waals surface area (Å²) in [6, 6.07) is 0. The Kier molecular flexibility index (Phi) is 18.4. The normalized spacial score (nSPS) is 15.1. The van der Waals surface area contributed by atoms with Crippen molar-refractivity contribution in [2.75, 3.05) is 26.5 Å². The van der Waals surface area contributed by atoms with Gasteiger partial charge in [-0.1, -0.05) is 90.4 Å². The Labute approximate surface area is 160 Å². The average molecular weight is 397 g/mol. The summed E-state index contributed by atoms with van der Waals surface area (Å²) in [5.74, 6) is 0. The second-order valence-corrected chi connectivity index (χ2v) is 8.93. The molecule has 0 saturated heterocycles. The molecular formula is C20H42FO4P. The molecule has 0 aromatic rings. The Hall–Kier alpha value is 0.0400. The molecule has 0 amide bonds. The zero-order chi connectivity index (χ0) is 19.5. The fourth-order valence-electron chi connectivity index (χ4n) is 3.06. The van der Waals surface area contributed by atoms with Crippen LogP contribution in [0.3, 0.4) is 0 Å². The highest BCUT2D eigenvalue weighted by Crippen LogP contribution is 2.42. The standard InChI is InChI=1S/C20H42FO4P/c1-3-4-5-6-7-8-9-10-11-12-13-14-15-16-17-25-18-20(24-2)19-26(21,22)23/h20H,3-19H2,1-2H3,(H,22,23). The lowest BCUT2D eigenvalue weighted by Crippen LogP contribution is -2.22. The zero-order valence-electron chi connectivity index (χ0n) is 17.1. The second-order valence-electron chi connectivity index (χ2n) is 7.33. The van der Waals surface area contributed by atoms with Gasteiger partial charge in [0.2, 0.25) is 0 Å². The molecule has 0 aliphatic heterocycles. The van der Waals surface area contributed by atoms with E-state index < -0.39 is 19.9 Å². The number of methoxy groups -OCH3 is 1. The third kappa shape index (κ3) is 20.4. The van der Waals surface area contributed by atoms with Gasteiger partial charge in [0.25, 0.3) is 0 Å². The van der Waals surface area contributed by atoms with Crippen LogP contribution >= 0.6 is 7.68 Å². The Balaban J connectivity index is 3.23. The molecular weight excluding hydrogens is 354 g/mol. The number of hydrogen-bond donors (Lipinski definition) is 1. The molecule has 6 heteroatoms. The van der Waals surface area contributed by atoms with Gasteiger partial charge in [-0.05, 0) is 6.42 Å². The van der Waals surface area contributed by atoms with Crippen LogP contribution < -0.4 is 0 Å². The second kappa shape index (κ2) is 18.4. The Morgan fingerprint density at radius 1 is 0.846 bits per heavy atom. The molecule has 0 aromatic heterocycles. The van der Waals surface area contributed by atoms with E-state index in [-0.39, 0.29) is 6.61 Å². The van der Waals surface area contributed by atoms with Gasteiger partial charge < -0.3 is 14.4 Å². The minimum atomic E-state index is -4.53. The first-order chi connectivity index (χ1) is 12.5. The van der Waals surface area contributed by atoms with Crippen molar-refractivity contribution >= 4 is 7.68 Å². The maximum atomic E-state index is 12.7. The van der Waals surface area contributed by atoms with Crippen molar-refractivity contribution in [1.29, 1.82) is 0 Å². The van der Waals surface area contributed by atoms with Gasteiger partial charge in [-0.2, -0.15) is 4.20 Å². The van der Waals surface area contributed by atoms with Gasteiger partial charge in [-0.25, -0.2) is 0 Å². The lowest BCUT2D eigenvalue weighted by molar-refractivity contribution is 0.0174. The van der Waals surface area contributed by atoms with Crippen molar-refractivity contribution in [2.45, 2.75) is 103 Å². The highest BCUT2D eigenvalue weighted by Gasteiger charge is 2.23. The van der Waals surface area contributed by atoms with Crippen LogP contribution in [0, 0.1) is 0 Å². The topological polar surface area (TPSA) is 55.8 Å². The molecule has 4 nitrogen and oxygen atoms in total. The summed E-state index contributed by atoms with van der Waals surface area (Å²) >= 11 is 0. The predicted octanol–water partition coefficient (Wildman–Crippen LogP) is 6.65. The number of hydrogen-bond acceptors (Lipinski definition) is 3. The maximum absolute atomic E-state index is 12.7. The van der Waals surface area contributed by atoms with Crippen LogP contribution in [0.1, 0.15) is 96.8 Å². The third-order valence-electron chi connectivity index (χ3n) is 4.71. The molecule has 1 N–H and O–H groups in total. The number of ether oxygens (including phenoxy) is 2. The smallest absolute Gasteiger partial charge is 0.367 e. The van der Waals surface area contributed by atoms with Gasteiger partial charge in [-0.15, -0.1) is 0 Å². The minimum absolute atomic E-state index is 0.170. The van der Waals surface area contributed by atoms with Gasteiger partial charge >= 0.3 is 7.68 Å². The monoisotopic (exact) mass is 396 g/mol. The van der Waals surface area contributed by atoms with E-state index >= 15 is 0 Å². The van der Waals surface area contributed by atoms with Crippen LogP contribution in [0.25, 0.3) is 0 Å². The van der Waals surface area contributed by atoms with Gasteiger partial charge in [0.1, 0.15) is 0 Å². The van der Waals surface area contributed by atoms with Crippen molar-refractivity contribution in [2.24, 2.45) is 0 Å². The SMILES string of the molecule is CCCCCCCCCCCCCCCCOCC(CP(=O)(O)F)OC. The van der Waals surface area contributed by atoms with Crippen LogP contribution in [0.2, 0.25) is 0 Å². The number of rotatable bonds is 20. The average Bonchev–Trinajstić information content (AvgIpc) is 2.59. The van der Waals surface area contributed by atoms with Crippen LogP contribution in [0.4, 0.5) is 4.20 Å².